The molecule has 3 aromatic rings. The van der Waals surface area contributed by atoms with Crippen LogP contribution in [0.15, 0.2) is 54.6 Å². The molecular formula is C17H15N3O2. The first-order chi connectivity index (χ1) is 10.8. The van der Waals surface area contributed by atoms with Crippen LogP contribution < -0.4 is 10.1 Å². The molecule has 0 radical (unpaired) electrons. The van der Waals surface area contributed by atoms with Gasteiger partial charge in [-0.05, 0) is 43.3 Å². The van der Waals surface area contributed by atoms with E-state index in [4.69, 9.17) is 4.74 Å². The molecule has 0 bridgehead atoms. The van der Waals surface area contributed by atoms with Crippen molar-refractivity contribution in [3.05, 3.63) is 60.3 Å². The van der Waals surface area contributed by atoms with E-state index in [0.29, 0.717) is 12.3 Å². The summed E-state index contributed by atoms with van der Waals surface area (Å²) in [5.74, 6) is 0.480. The summed E-state index contributed by atoms with van der Waals surface area (Å²) >= 11 is 0. The number of anilines is 1. The van der Waals surface area contributed by atoms with Gasteiger partial charge in [0, 0.05) is 11.1 Å². The first-order valence-corrected chi connectivity index (χ1v) is 7.03. The summed E-state index contributed by atoms with van der Waals surface area (Å²) in [5.41, 5.74) is 1.73. The lowest BCUT2D eigenvalue weighted by Crippen LogP contribution is -2.14. The number of hydrogen-bond donors (Lipinski definition) is 1. The molecule has 2 aromatic carbocycles. The molecule has 0 saturated carbocycles. The molecule has 0 aliphatic heterocycles. The fourth-order valence-corrected chi connectivity index (χ4v) is 2.09. The van der Waals surface area contributed by atoms with Gasteiger partial charge in [-0.3, -0.25) is 4.79 Å². The van der Waals surface area contributed by atoms with E-state index >= 15 is 0 Å². The van der Waals surface area contributed by atoms with Gasteiger partial charge in [0.2, 0.25) is 0 Å². The highest BCUT2D eigenvalue weighted by Gasteiger charge is 2.09. The Kier molecular flexibility index (Phi) is 3.96. The van der Waals surface area contributed by atoms with Crippen LogP contribution in [0.3, 0.4) is 0 Å². The second-order valence-corrected chi connectivity index (χ2v) is 4.70. The number of nitrogens with zero attached hydrogens (tertiary/aromatic N) is 2. The Balaban J connectivity index is 1.77. The first-order valence-electron chi connectivity index (χ1n) is 7.03. The van der Waals surface area contributed by atoms with Gasteiger partial charge in [-0.2, -0.15) is 0 Å². The highest BCUT2D eigenvalue weighted by Crippen LogP contribution is 2.17. The van der Waals surface area contributed by atoms with Crippen LogP contribution in [0.2, 0.25) is 0 Å². The van der Waals surface area contributed by atoms with Crippen LogP contribution in [0, 0.1) is 0 Å². The number of aromatic nitrogens is 2. The molecule has 1 heterocycles. The number of nitrogens with one attached hydrogen (secondary N) is 1. The average Bonchev–Trinajstić information content (AvgIpc) is 2.56. The molecule has 0 fully saturated rings. The summed E-state index contributed by atoms with van der Waals surface area (Å²) in [6.07, 6.45) is 0. The zero-order valence-electron chi connectivity index (χ0n) is 12.1. The Bertz CT molecular complexity index is 800. The van der Waals surface area contributed by atoms with Crippen LogP contribution in [0.4, 0.5) is 5.69 Å². The summed E-state index contributed by atoms with van der Waals surface area (Å²) in [6.45, 7) is 2.53. The average molecular weight is 293 g/mol. The number of benzene rings is 2. The molecule has 0 aliphatic carbocycles. The first kappa shape index (κ1) is 14.0. The minimum absolute atomic E-state index is 0.285. The third-order valence-electron chi connectivity index (χ3n) is 3.15. The SMILES string of the molecule is CCOc1ccc(NC(=O)c2cc3ccccc3nn2)cc1. The fraction of sp³-hybridized carbons (Fsp3) is 0.118. The molecule has 1 N–H and O–H groups in total. The number of fused-ring (bicyclic) bond motifs is 1. The third-order valence-corrected chi connectivity index (χ3v) is 3.15. The zero-order chi connectivity index (χ0) is 15.4. The Hall–Kier alpha value is -2.95. The second-order valence-electron chi connectivity index (χ2n) is 4.70. The van der Waals surface area contributed by atoms with E-state index in [2.05, 4.69) is 15.5 Å². The molecule has 5 nitrogen and oxygen atoms in total. The number of hydrogen-bond acceptors (Lipinski definition) is 4. The second kappa shape index (κ2) is 6.22. The Morgan fingerprint density at radius 1 is 1.09 bits per heavy atom. The zero-order valence-corrected chi connectivity index (χ0v) is 12.1. The molecule has 0 atom stereocenters. The van der Waals surface area contributed by atoms with Crippen LogP contribution in [-0.2, 0) is 0 Å². The predicted molar refractivity (Wildman–Crippen MR) is 85.1 cm³/mol. The van der Waals surface area contributed by atoms with E-state index in [0.717, 1.165) is 16.7 Å². The van der Waals surface area contributed by atoms with E-state index in [1.807, 2.05) is 43.3 Å². The molecule has 0 spiro atoms. The van der Waals surface area contributed by atoms with E-state index in [-0.39, 0.29) is 11.6 Å². The molecule has 1 amide bonds. The van der Waals surface area contributed by atoms with E-state index < -0.39 is 0 Å². The largest absolute Gasteiger partial charge is 0.494 e. The number of carbonyl (C=O) groups is 1. The molecule has 3 rings (SSSR count). The van der Waals surface area contributed by atoms with Gasteiger partial charge in [0.1, 0.15) is 5.75 Å². The van der Waals surface area contributed by atoms with Crippen molar-refractivity contribution in [1.29, 1.82) is 0 Å². The van der Waals surface area contributed by atoms with Crippen molar-refractivity contribution in [2.75, 3.05) is 11.9 Å². The lowest BCUT2D eigenvalue weighted by Gasteiger charge is -2.07. The quantitative estimate of drug-likeness (QED) is 0.801. The van der Waals surface area contributed by atoms with Gasteiger partial charge >= 0.3 is 0 Å². The van der Waals surface area contributed by atoms with Crippen molar-refractivity contribution < 1.29 is 9.53 Å². The topological polar surface area (TPSA) is 64.1 Å². The van der Waals surface area contributed by atoms with Crippen molar-refractivity contribution in [3.63, 3.8) is 0 Å². The maximum atomic E-state index is 12.2. The van der Waals surface area contributed by atoms with E-state index in [1.54, 1.807) is 18.2 Å². The summed E-state index contributed by atoms with van der Waals surface area (Å²) in [5, 5.41) is 11.7. The van der Waals surface area contributed by atoms with Crippen molar-refractivity contribution in [3.8, 4) is 5.75 Å². The lowest BCUT2D eigenvalue weighted by molar-refractivity contribution is 0.102. The smallest absolute Gasteiger partial charge is 0.276 e. The molecular weight excluding hydrogens is 278 g/mol. The van der Waals surface area contributed by atoms with E-state index in [1.165, 1.54) is 0 Å². The third kappa shape index (κ3) is 3.03. The normalized spacial score (nSPS) is 10.4. The van der Waals surface area contributed by atoms with Crippen molar-refractivity contribution in [2.24, 2.45) is 0 Å². The van der Waals surface area contributed by atoms with Crippen LogP contribution in [0.1, 0.15) is 17.4 Å². The Morgan fingerprint density at radius 3 is 2.64 bits per heavy atom. The van der Waals surface area contributed by atoms with Gasteiger partial charge < -0.3 is 10.1 Å². The Morgan fingerprint density at radius 2 is 1.86 bits per heavy atom. The number of amides is 1. The molecule has 5 heteroatoms. The highest BCUT2D eigenvalue weighted by atomic mass is 16.5. The monoisotopic (exact) mass is 293 g/mol. The standard InChI is InChI=1S/C17H15N3O2/c1-2-22-14-9-7-13(8-10-14)18-17(21)16-11-12-5-3-4-6-15(12)19-20-16/h3-11H,2H2,1H3,(H,18,21). The van der Waals surface area contributed by atoms with Gasteiger partial charge in [-0.1, -0.05) is 18.2 Å². The number of rotatable bonds is 4. The van der Waals surface area contributed by atoms with Crippen LogP contribution >= 0.6 is 0 Å². The minimum Gasteiger partial charge on any atom is -0.494 e. The highest BCUT2D eigenvalue weighted by molar-refractivity contribution is 6.04. The van der Waals surface area contributed by atoms with Crippen molar-refractivity contribution in [2.45, 2.75) is 6.92 Å². The molecule has 1 aromatic heterocycles. The molecule has 0 saturated heterocycles. The summed E-state index contributed by atoms with van der Waals surface area (Å²) < 4.78 is 5.36. The van der Waals surface area contributed by atoms with E-state index in [9.17, 15) is 4.79 Å². The lowest BCUT2D eigenvalue weighted by atomic mass is 10.2. The fourth-order valence-electron chi connectivity index (χ4n) is 2.09. The van der Waals surface area contributed by atoms with Crippen molar-refractivity contribution in [1.82, 2.24) is 10.2 Å². The maximum absolute atomic E-state index is 12.2. The van der Waals surface area contributed by atoms with Gasteiger partial charge in [-0.25, -0.2) is 0 Å². The Labute approximate surface area is 127 Å². The summed E-state index contributed by atoms with van der Waals surface area (Å²) in [7, 11) is 0. The van der Waals surface area contributed by atoms with Crippen LogP contribution in [-0.4, -0.2) is 22.7 Å². The van der Waals surface area contributed by atoms with Gasteiger partial charge in [0.15, 0.2) is 5.69 Å². The van der Waals surface area contributed by atoms with Crippen molar-refractivity contribution >= 4 is 22.5 Å². The van der Waals surface area contributed by atoms with Gasteiger partial charge in [0.25, 0.3) is 5.91 Å². The van der Waals surface area contributed by atoms with Gasteiger partial charge in [0.05, 0.1) is 12.1 Å². The molecule has 110 valence electrons. The number of ether oxygens (including phenoxy) is 1. The molecule has 22 heavy (non-hydrogen) atoms. The molecule has 0 unspecified atom stereocenters. The molecule has 0 aliphatic rings. The van der Waals surface area contributed by atoms with Crippen LogP contribution in [0.5, 0.6) is 5.75 Å². The summed E-state index contributed by atoms with van der Waals surface area (Å²) in [6, 6.07) is 16.5. The minimum atomic E-state index is -0.289. The van der Waals surface area contributed by atoms with Gasteiger partial charge in [-0.15, -0.1) is 10.2 Å². The summed E-state index contributed by atoms with van der Waals surface area (Å²) in [4.78, 5) is 12.2. The van der Waals surface area contributed by atoms with Crippen LogP contribution in [0.25, 0.3) is 10.9 Å². The number of carbonyl (C=O) groups excluding carboxylic acids is 1. The predicted octanol–water partition coefficient (Wildman–Crippen LogP) is 3.28. The maximum Gasteiger partial charge on any atom is 0.276 e.